The lowest BCUT2D eigenvalue weighted by atomic mass is 10.0. The van der Waals surface area contributed by atoms with Gasteiger partial charge in [-0.25, -0.2) is 43.7 Å². The van der Waals surface area contributed by atoms with Crippen molar-refractivity contribution in [1.29, 1.82) is 0 Å². The average Bonchev–Trinajstić information content (AvgIpc) is 3.32. The lowest BCUT2D eigenvalue weighted by molar-refractivity contribution is 0.0676. The van der Waals surface area contributed by atoms with Gasteiger partial charge in [-0.15, -0.1) is 0 Å². The normalized spacial score (nSPS) is 10.2. The highest BCUT2D eigenvalue weighted by molar-refractivity contribution is 5.96. The van der Waals surface area contributed by atoms with E-state index in [0.29, 0.717) is 33.4 Å². The van der Waals surface area contributed by atoms with Crippen molar-refractivity contribution < 1.29 is 59.4 Å². The van der Waals surface area contributed by atoms with Crippen LogP contribution in [-0.4, -0.2) is 81.4 Å². The van der Waals surface area contributed by atoms with Crippen LogP contribution < -0.4 is 0 Å². The zero-order chi connectivity index (χ0) is 47.1. The molecule has 0 bridgehead atoms. The SMILES string of the molecule is O=C(O)c1cc(C#Cc2ccc(-c3nc(-c4ccc(C#Cc5cc(C(=O)O)cc(C(=O)O)c5)cc4)nc(-c4ccc(C#Cc5cc(C(=O)O)cc(C(=O)O)c5)cc4)n3)cc2)cc(C(=O)O)c1. The first-order valence-corrected chi connectivity index (χ1v) is 19.1. The summed E-state index contributed by atoms with van der Waals surface area (Å²) in [5.41, 5.74) is 2.47. The fourth-order valence-electron chi connectivity index (χ4n) is 6.14. The van der Waals surface area contributed by atoms with E-state index >= 15 is 0 Å². The zero-order valence-corrected chi connectivity index (χ0v) is 33.6. The summed E-state index contributed by atoms with van der Waals surface area (Å²) >= 11 is 0. The number of hydrogen-bond acceptors (Lipinski definition) is 9. The maximum Gasteiger partial charge on any atom is 0.335 e. The number of aromatic nitrogens is 3. The monoisotopic (exact) mass is 873 g/mol. The third-order valence-electron chi connectivity index (χ3n) is 9.40. The molecule has 0 aliphatic heterocycles. The van der Waals surface area contributed by atoms with Crippen LogP contribution >= 0.6 is 0 Å². The van der Waals surface area contributed by atoms with Gasteiger partial charge >= 0.3 is 35.8 Å². The van der Waals surface area contributed by atoms with E-state index in [0.717, 1.165) is 18.2 Å². The van der Waals surface area contributed by atoms with E-state index in [4.69, 9.17) is 15.0 Å². The third-order valence-corrected chi connectivity index (χ3v) is 9.40. The number of benzene rings is 6. The van der Waals surface area contributed by atoms with Gasteiger partial charge in [0.1, 0.15) is 0 Å². The van der Waals surface area contributed by atoms with Crippen LogP contribution in [0.25, 0.3) is 34.2 Å². The molecule has 1 heterocycles. The number of aromatic carboxylic acids is 6. The van der Waals surface area contributed by atoms with Crippen LogP contribution in [0, 0.1) is 35.5 Å². The molecular formula is C51H27N3O12. The molecule has 0 radical (unpaired) electrons. The van der Waals surface area contributed by atoms with Gasteiger partial charge in [-0.2, -0.15) is 0 Å². The summed E-state index contributed by atoms with van der Waals surface area (Å²) in [7, 11) is 0. The summed E-state index contributed by atoms with van der Waals surface area (Å²) in [4.78, 5) is 83.6. The molecule has 318 valence electrons. The van der Waals surface area contributed by atoms with E-state index in [-0.39, 0.29) is 67.5 Å². The van der Waals surface area contributed by atoms with E-state index in [1.165, 1.54) is 36.4 Å². The number of carboxylic acid groups (broad SMARTS) is 6. The molecule has 7 rings (SSSR count). The van der Waals surface area contributed by atoms with Gasteiger partial charge in [0.15, 0.2) is 17.5 Å². The maximum absolute atomic E-state index is 11.6. The fraction of sp³-hybridized carbons (Fsp3) is 0. The van der Waals surface area contributed by atoms with Crippen molar-refractivity contribution in [2.45, 2.75) is 0 Å². The van der Waals surface area contributed by atoms with E-state index in [1.54, 1.807) is 72.8 Å². The first kappa shape index (κ1) is 43.9. The summed E-state index contributed by atoms with van der Waals surface area (Å²) in [5.74, 6) is 10.2. The molecule has 0 aliphatic carbocycles. The van der Waals surface area contributed by atoms with E-state index in [1.807, 2.05) is 0 Å². The Balaban J connectivity index is 1.23. The Morgan fingerprint density at radius 1 is 0.273 bits per heavy atom. The smallest absolute Gasteiger partial charge is 0.335 e. The molecule has 15 nitrogen and oxygen atoms in total. The van der Waals surface area contributed by atoms with Crippen molar-refractivity contribution in [3.63, 3.8) is 0 Å². The van der Waals surface area contributed by atoms with Gasteiger partial charge < -0.3 is 30.6 Å². The Kier molecular flexibility index (Phi) is 12.5. The Morgan fingerprint density at radius 2 is 0.455 bits per heavy atom. The van der Waals surface area contributed by atoms with Gasteiger partial charge in [0.2, 0.25) is 0 Å². The summed E-state index contributed by atoms with van der Waals surface area (Å²) in [6.45, 7) is 0. The minimum atomic E-state index is -1.30. The van der Waals surface area contributed by atoms with Crippen LogP contribution in [-0.2, 0) is 0 Å². The van der Waals surface area contributed by atoms with Crippen molar-refractivity contribution in [2.24, 2.45) is 0 Å². The molecule has 0 saturated heterocycles. The topological polar surface area (TPSA) is 262 Å². The average molecular weight is 874 g/mol. The standard InChI is InChI=1S/C51H27N3O12/c55-46(56)37-19-31(20-38(25-37)47(57)58)4-1-28-7-13-34(14-8-28)43-52-44(35-15-9-29(10-16-35)2-5-32-21-39(48(59)60)26-40(22-32)49(61)62)54-45(53-43)36-17-11-30(12-18-36)3-6-33-23-41(50(63)64)27-42(24-33)51(65)66/h7-27H,(H,55,56)(H,57,58)(H,59,60)(H,61,62)(H,63,64)(H,65,66). The number of carbonyl (C=O) groups is 6. The second-order valence-corrected chi connectivity index (χ2v) is 14.0. The van der Waals surface area contributed by atoms with Crippen molar-refractivity contribution in [2.75, 3.05) is 0 Å². The molecule has 0 amide bonds. The van der Waals surface area contributed by atoms with E-state index < -0.39 is 35.8 Å². The highest BCUT2D eigenvalue weighted by Gasteiger charge is 2.15. The van der Waals surface area contributed by atoms with Crippen molar-refractivity contribution >= 4 is 35.8 Å². The van der Waals surface area contributed by atoms with E-state index in [9.17, 15) is 59.4 Å². The van der Waals surface area contributed by atoms with Gasteiger partial charge in [0, 0.05) is 50.1 Å². The van der Waals surface area contributed by atoms with Gasteiger partial charge in [0.05, 0.1) is 33.4 Å². The fourth-order valence-corrected chi connectivity index (χ4v) is 6.14. The first-order valence-electron chi connectivity index (χ1n) is 19.1. The van der Waals surface area contributed by atoms with E-state index in [2.05, 4.69) is 35.5 Å². The number of rotatable bonds is 9. The summed E-state index contributed by atoms with van der Waals surface area (Å²) in [6, 6.07) is 31.2. The van der Waals surface area contributed by atoms with Crippen LogP contribution in [0.4, 0.5) is 0 Å². The van der Waals surface area contributed by atoms with Crippen LogP contribution in [0.2, 0.25) is 0 Å². The molecule has 0 saturated carbocycles. The third kappa shape index (κ3) is 10.6. The molecule has 1 aromatic heterocycles. The zero-order valence-electron chi connectivity index (χ0n) is 33.6. The summed E-state index contributed by atoms with van der Waals surface area (Å²) in [5, 5.41) is 56.6. The summed E-state index contributed by atoms with van der Waals surface area (Å²) < 4.78 is 0. The molecule has 7 aromatic rings. The molecule has 15 heteroatoms. The van der Waals surface area contributed by atoms with Crippen molar-refractivity contribution in [3.8, 4) is 69.7 Å². The van der Waals surface area contributed by atoms with Gasteiger partial charge in [-0.05, 0) is 127 Å². The predicted molar refractivity (Wildman–Crippen MR) is 235 cm³/mol. The Bertz CT molecular complexity index is 2910. The molecule has 0 aliphatic rings. The molecule has 0 unspecified atom stereocenters. The maximum atomic E-state index is 11.6. The molecule has 0 fully saturated rings. The molecule has 66 heavy (non-hydrogen) atoms. The van der Waals surface area contributed by atoms with Gasteiger partial charge in [0.25, 0.3) is 0 Å². The minimum absolute atomic E-state index is 0.191. The Labute approximate surface area is 373 Å². The highest BCUT2D eigenvalue weighted by atomic mass is 16.4. The lowest BCUT2D eigenvalue weighted by Crippen LogP contribution is -2.03. The van der Waals surface area contributed by atoms with Crippen molar-refractivity contribution in [1.82, 2.24) is 15.0 Å². The predicted octanol–water partition coefficient (Wildman–Crippen LogP) is 7.26. The number of carboxylic acids is 6. The largest absolute Gasteiger partial charge is 0.478 e. The molecular weight excluding hydrogens is 847 g/mol. The van der Waals surface area contributed by atoms with Gasteiger partial charge in [-0.1, -0.05) is 35.5 Å². The molecule has 6 N–H and O–H groups in total. The molecule has 6 aromatic carbocycles. The quantitative estimate of drug-likeness (QED) is 0.0780. The second kappa shape index (κ2) is 18.8. The van der Waals surface area contributed by atoms with Crippen LogP contribution in [0.1, 0.15) is 95.5 Å². The molecule has 0 atom stereocenters. The Morgan fingerprint density at radius 3 is 0.636 bits per heavy atom. The highest BCUT2D eigenvalue weighted by Crippen LogP contribution is 2.26. The molecule has 0 spiro atoms. The van der Waals surface area contributed by atoms with Gasteiger partial charge in [-0.3, -0.25) is 0 Å². The lowest BCUT2D eigenvalue weighted by Gasteiger charge is -2.09. The number of nitrogens with zero attached hydrogens (tertiary/aromatic N) is 3. The summed E-state index contributed by atoms with van der Waals surface area (Å²) in [6.07, 6.45) is 0. The Hall–Kier alpha value is -10.2. The number of hydrogen-bond donors (Lipinski definition) is 6. The van der Waals surface area contributed by atoms with Crippen LogP contribution in [0.5, 0.6) is 0 Å². The van der Waals surface area contributed by atoms with Crippen LogP contribution in [0.15, 0.2) is 127 Å². The second-order valence-electron chi connectivity index (χ2n) is 14.0. The van der Waals surface area contributed by atoms with Crippen molar-refractivity contribution in [3.05, 3.63) is 194 Å². The van der Waals surface area contributed by atoms with Crippen LogP contribution in [0.3, 0.4) is 0 Å². The minimum Gasteiger partial charge on any atom is -0.478 e. The first-order chi connectivity index (χ1) is 31.6.